The summed E-state index contributed by atoms with van der Waals surface area (Å²) in [6, 6.07) is 9.10. The van der Waals surface area contributed by atoms with E-state index >= 15 is 0 Å². The SMILES string of the molecule is COC(=O)c1c(NC(=O)C(C)Oc2ccccc2)sc(C)c1C. The third-order valence-corrected chi connectivity index (χ3v) is 4.56. The number of ether oxygens (including phenoxy) is 2. The molecule has 0 aliphatic carbocycles. The van der Waals surface area contributed by atoms with Gasteiger partial charge in [-0.25, -0.2) is 4.79 Å². The first-order chi connectivity index (χ1) is 10.9. The van der Waals surface area contributed by atoms with Gasteiger partial charge in [0.1, 0.15) is 10.8 Å². The molecule has 0 radical (unpaired) electrons. The van der Waals surface area contributed by atoms with Crippen molar-refractivity contribution in [1.82, 2.24) is 0 Å². The molecule has 2 rings (SSSR count). The molecule has 2 aromatic rings. The van der Waals surface area contributed by atoms with E-state index in [1.165, 1.54) is 18.4 Å². The minimum absolute atomic E-state index is 0.319. The van der Waals surface area contributed by atoms with Gasteiger partial charge in [0, 0.05) is 4.88 Å². The van der Waals surface area contributed by atoms with Crippen molar-refractivity contribution in [2.45, 2.75) is 26.9 Å². The van der Waals surface area contributed by atoms with E-state index in [0.29, 0.717) is 16.3 Å². The first-order valence-corrected chi connectivity index (χ1v) is 7.96. The maximum absolute atomic E-state index is 12.3. The Morgan fingerprint density at radius 1 is 1.17 bits per heavy atom. The molecule has 1 aromatic heterocycles. The number of aryl methyl sites for hydroxylation is 1. The summed E-state index contributed by atoms with van der Waals surface area (Å²) < 4.78 is 10.4. The normalized spacial score (nSPS) is 11.7. The Labute approximate surface area is 139 Å². The molecule has 0 bridgehead atoms. The second kappa shape index (κ2) is 7.28. The van der Waals surface area contributed by atoms with Crippen molar-refractivity contribution < 1.29 is 19.1 Å². The summed E-state index contributed by atoms with van der Waals surface area (Å²) in [6.45, 7) is 5.39. The first kappa shape index (κ1) is 17.0. The van der Waals surface area contributed by atoms with Gasteiger partial charge in [-0.15, -0.1) is 11.3 Å². The van der Waals surface area contributed by atoms with Gasteiger partial charge in [0.05, 0.1) is 12.7 Å². The highest BCUT2D eigenvalue weighted by Crippen LogP contribution is 2.33. The Kier molecular flexibility index (Phi) is 5.39. The lowest BCUT2D eigenvalue weighted by Crippen LogP contribution is -2.30. The van der Waals surface area contributed by atoms with Crippen molar-refractivity contribution in [3.05, 3.63) is 46.3 Å². The second-order valence-electron chi connectivity index (χ2n) is 5.04. The molecule has 0 saturated carbocycles. The van der Waals surface area contributed by atoms with Crippen LogP contribution in [0.5, 0.6) is 5.75 Å². The molecule has 23 heavy (non-hydrogen) atoms. The zero-order chi connectivity index (χ0) is 17.0. The number of carbonyl (C=O) groups excluding carboxylic acids is 2. The third kappa shape index (κ3) is 3.90. The van der Waals surface area contributed by atoms with Crippen molar-refractivity contribution in [2.24, 2.45) is 0 Å². The van der Waals surface area contributed by atoms with Crippen molar-refractivity contribution in [3.63, 3.8) is 0 Å². The predicted octanol–water partition coefficient (Wildman–Crippen LogP) is 3.56. The van der Waals surface area contributed by atoms with Crippen LogP contribution in [0.25, 0.3) is 0 Å². The van der Waals surface area contributed by atoms with Gasteiger partial charge in [-0.2, -0.15) is 0 Å². The Morgan fingerprint density at radius 2 is 1.83 bits per heavy atom. The molecule has 5 nitrogen and oxygen atoms in total. The van der Waals surface area contributed by atoms with Crippen LogP contribution in [0.1, 0.15) is 27.7 Å². The highest BCUT2D eigenvalue weighted by atomic mass is 32.1. The monoisotopic (exact) mass is 333 g/mol. The van der Waals surface area contributed by atoms with Gasteiger partial charge < -0.3 is 14.8 Å². The van der Waals surface area contributed by atoms with Crippen LogP contribution in [-0.2, 0) is 9.53 Å². The largest absolute Gasteiger partial charge is 0.481 e. The van der Waals surface area contributed by atoms with Gasteiger partial charge in [-0.05, 0) is 38.5 Å². The number of esters is 1. The summed E-state index contributed by atoms with van der Waals surface area (Å²) >= 11 is 1.35. The van der Waals surface area contributed by atoms with Crippen LogP contribution in [0, 0.1) is 13.8 Å². The molecule has 0 saturated heterocycles. The van der Waals surface area contributed by atoms with E-state index in [4.69, 9.17) is 9.47 Å². The van der Waals surface area contributed by atoms with Crippen LogP contribution in [0.4, 0.5) is 5.00 Å². The first-order valence-electron chi connectivity index (χ1n) is 7.15. The molecule has 1 unspecified atom stereocenters. The minimum atomic E-state index is -0.689. The van der Waals surface area contributed by atoms with Crippen LogP contribution >= 0.6 is 11.3 Å². The molecule has 1 aromatic carbocycles. The number of para-hydroxylation sites is 1. The summed E-state index contributed by atoms with van der Waals surface area (Å²) in [6.07, 6.45) is -0.689. The number of hydrogen-bond donors (Lipinski definition) is 1. The van der Waals surface area contributed by atoms with E-state index in [9.17, 15) is 9.59 Å². The molecule has 0 fully saturated rings. The molecular formula is C17H19NO4S. The average Bonchev–Trinajstić information content (AvgIpc) is 2.82. The summed E-state index contributed by atoms with van der Waals surface area (Å²) in [5.74, 6) is -0.166. The van der Waals surface area contributed by atoms with Crippen LogP contribution in [0.15, 0.2) is 30.3 Å². The van der Waals surface area contributed by atoms with E-state index in [2.05, 4.69) is 5.32 Å². The zero-order valence-corrected chi connectivity index (χ0v) is 14.3. The van der Waals surface area contributed by atoms with Crippen LogP contribution < -0.4 is 10.1 Å². The molecule has 122 valence electrons. The summed E-state index contributed by atoms with van der Waals surface area (Å²) in [5.41, 5.74) is 1.21. The number of nitrogens with one attached hydrogen (secondary N) is 1. The fourth-order valence-corrected chi connectivity index (χ4v) is 3.08. The molecular weight excluding hydrogens is 314 g/mol. The molecule has 0 aliphatic heterocycles. The van der Waals surface area contributed by atoms with Crippen molar-refractivity contribution in [2.75, 3.05) is 12.4 Å². The number of methoxy groups -OCH3 is 1. The maximum Gasteiger partial charge on any atom is 0.341 e. The van der Waals surface area contributed by atoms with Crippen molar-refractivity contribution >= 4 is 28.2 Å². The number of thiophene rings is 1. The quantitative estimate of drug-likeness (QED) is 0.850. The smallest absolute Gasteiger partial charge is 0.341 e. The Bertz CT molecular complexity index is 709. The van der Waals surface area contributed by atoms with Crippen LogP contribution in [0.2, 0.25) is 0 Å². The predicted molar refractivity (Wildman–Crippen MR) is 90.3 cm³/mol. The van der Waals surface area contributed by atoms with Gasteiger partial charge >= 0.3 is 5.97 Å². The number of hydrogen-bond acceptors (Lipinski definition) is 5. The molecule has 1 amide bonds. The van der Waals surface area contributed by atoms with Crippen LogP contribution in [0.3, 0.4) is 0 Å². The van der Waals surface area contributed by atoms with Gasteiger partial charge in [0.2, 0.25) is 0 Å². The Morgan fingerprint density at radius 3 is 2.43 bits per heavy atom. The van der Waals surface area contributed by atoms with Gasteiger partial charge in [0.25, 0.3) is 5.91 Å². The fourth-order valence-electron chi connectivity index (χ4n) is 2.03. The fraction of sp³-hybridized carbons (Fsp3) is 0.294. The average molecular weight is 333 g/mol. The van der Waals surface area contributed by atoms with Gasteiger partial charge in [0.15, 0.2) is 6.10 Å². The summed E-state index contributed by atoms with van der Waals surface area (Å²) in [4.78, 5) is 25.2. The maximum atomic E-state index is 12.3. The number of amides is 1. The molecule has 0 aliphatic rings. The standard InChI is InChI=1S/C17H19NO4S/c1-10-12(3)23-16(14(10)17(20)21-4)18-15(19)11(2)22-13-8-6-5-7-9-13/h5-9,11H,1-4H3,(H,18,19). The Balaban J connectivity index is 2.14. The molecule has 0 spiro atoms. The minimum Gasteiger partial charge on any atom is -0.481 e. The lowest BCUT2D eigenvalue weighted by Gasteiger charge is -2.14. The third-order valence-electron chi connectivity index (χ3n) is 3.44. The van der Waals surface area contributed by atoms with E-state index in [0.717, 1.165) is 10.4 Å². The highest BCUT2D eigenvalue weighted by molar-refractivity contribution is 7.16. The summed E-state index contributed by atoms with van der Waals surface area (Å²) in [5, 5.41) is 3.25. The van der Waals surface area contributed by atoms with E-state index in [-0.39, 0.29) is 5.91 Å². The number of anilines is 1. The lowest BCUT2D eigenvalue weighted by atomic mass is 10.1. The van der Waals surface area contributed by atoms with Crippen molar-refractivity contribution in [1.29, 1.82) is 0 Å². The topological polar surface area (TPSA) is 64.6 Å². The molecule has 1 heterocycles. The van der Waals surface area contributed by atoms with E-state index < -0.39 is 12.1 Å². The Hall–Kier alpha value is -2.34. The van der Waals surface area contributed by atoms with Crippen molar-refractivity contribution in [3.8, 4) is 5.75 Å². The van der Waals surface area contributed by atoms with E-state index in [1.54, 1.807) is 19.1 Å². The van der Waals surface area contributed by atoms with Gasteiger partial charge in [-0.1, -0.05) is 18.2 Å². The number of carbonyl (C=O) groups is 2. The molecule has 1 N–H and O–H groups in total. The molecule has 6 heteroatoms. The summed E-state index contributed by atoms with van der Waals surface area (Å²) in [7, 11) is 1.32. The number of benzene rings is 1. The second-order valence-corrected chi connectivity index (χ2v) is 6.27. The van der Waals surface area contributed by atoms with Gasteiger partial charge in [-0.3, -0.25) is 4.79 Å². The lowest BCUT2D eigenvalue weighted by molar-refractivity contribution is -0.122. The van der Waals surface area contributed by atoms with Crippen LogP contribution in [-0.4, -0.2) is 25.1 Å². The van der Waals surface area contributed by atoms with E-state index in [1.807, 2.05) is 32.0 Å². The number of rotatable bonds is 5. The zero-order valence-electron chi connectivity index (χ0n) is 13.5. The molecule has 1 atom stereocenters. The highest BCUT2D eigenvalue weighted by Gasteiger charge is 2.23.